The maximum atomic E-state index is 2.64. The highest BCUT2D eigenvalue weighted by Gasteiger charge is 2.56. The SMILES string of the molecule is CC1=CC(C)([Si](c2cccc(-c3c(C)cc(C)cc3C)c2)(c2cccc(-c3c(C)cc(C)cc3C)c2)c2cccc(-c3c(C)cc(C)cc3C)c2)C(C)=C1C. The molecule has 0 amide bonds. The molecular formula is C54H58Si. The maximum Gasteiger partial charge on any atom is 0.161 e. The average Bonchev–Trinajstić information content (AvgIpc) is 3.30. The fraction of sp³-hybridized carbons (Fsp3) is 0.259. The molecule has 6 aromatic rings. The largest absolute Gasteiger partial charge is 0.161 e. The lowest BCUT2D eigenvalue weighted by Crippen LogP contribution is -2.73. The zero-order chi connectivity index (χ0) is 39.6. The molecule has 0 heterocycles. The molecule has 1 aliphatic rings. The van der Waals surface area contributed by atoms with E-state index in [4.69, 9.17) is 0 Å². The van der Waals surface area contributed by atoms with E-state index in [2.05, 4.69) is 205 Å². The third-order valence-electron chi connectivity index (χ3n) is 13.0. The van der Waals surface area contributed by atoms with E-state index >= 15 is 0 Å². The maximum absolute atomic E-state index is 3.03. The van der Waals surface area contributed by atoms with Crippen LogP contribution in [0.15, 0.2) is 132 Å². The third-order valence-corrected chi connectivity index (χ3v) is 18.6. The summed E-state index contributed by atoms with van der Waals surface area (Å²) in [7, 11) is -3.03. The minimum absolute atomic E-state index is 0.247. The normalized spacial score (nSPS) is 15.8. The van der Waals surface area contributed by atoms with E-state index in [9.17, 15) is 0 Å². The van der Waals surface area contributed by atoms with Crippen molar-refractivity contribution in [2.45, 2.75) is 95.0 Å². The second kappa shape index (κ2) is 14.3. The predicted molar refractivity (Wildman–Crippen MR) is 243 cm³/mol. The van der Waals surface area contributed by atoms with Crippen LogP contribution in [0.5, 0.6) is 0 Å². The fourth-order valence-corrected chi connectivity index (χ4v) is 16.9. The lowest BCUT2D eigenvalue weighted by Gasteiger charge is -2.47. The second-order valence-electron chi connectivity index (χ2n) is 17.1. The first kappa shape index (κ1) is 38.3. The van der Waals surface area contributed by atoms with Crippen LogP contribution >= 0.6 is 0 Å². The van der Waals surface area contributed by atoms with Crippen molar-refractivity contribution in [3.63, 3.8) is 0 Å². The number of aryl methyl sites for hydroxylation is 9. The van der Waals surface area contributed by atoms with Crippen molar-refractivity contribution < 1.29 is 0 Å². The molecule has 1 aliphatic carbocycles. The number of allylic oxidation sites excluding steroid dienone is 4. The molecule has 0 fully saturated rings. The molecule has 1 heteroatoms. The van der Waals surface area contributed by atoms with Crippen LogP contribution in [0.2, 0.25) is 5.04 Å². The molecule has 278 valence electrons. The summed E-state index contributed by atoms with van der Waals surface area (Å²) in [6.45, 7) is 29.9. The molecule has 0 bridgehead atoms. The fourth-order valence-electron chi connectivity index (χ4n) is 10.8. The standard InChI is InChI=1S/C54H58Si/c1-33-23-36(4)51(37(5)24-33)45-17-14-20-48(29-45)55(54(13)32-42(10)43(11)44(54)12,49-21-15-18-46(30-49)52-38(6)25-34(2)26-39(52)7)50-22-16-19-47(31-50)53-40(8)27-35(3)28-41(53)9/h14-32H,1-13H3. The summed E-state index contributed by atoms with van der Waals surface area (Å²) in [4.78, 5) is 0. The molecule has 0 nitrogen and oxygen atoms in total. The van der Waals surface area contributed by atoms with Gasteiger partial charge in [0.15, 0.2) is 8.07 Å². The van der Waals surface area contributed by atoms with Gasteiger partial charge in [0, 0.05) is 5.04 Å². The van der Waals surface area contributed by atoms with Gasteiger partial charge >= 0.3 is 0 Å². The molecule has 1 unspecified atom stereocenters. The van der Waals surface area contributed by atoms with Crippen LogP contribution in [0.4, 0.5) is 0 Å². The Hall–Kier alpha value is -4.98. The number of hydrogen-bond acceptors (Lipinski definition) is 0. The van der Waals surface area contributed by atoms with E-state index in [0.29, 0.717) is 0 Å². The van der Waals surface area contributed by atoms with Gasteiger partial charge in [-0.05, 0) is 171 Å². The third kappa shape index (κ3) is 6.31. The topological polar surface area (TPSA) is 0 Å². The molecule has 0 aliphatic heterocycles. The second-order valence-corrected chi connectivity index (χ2v) is 21.4. The highest BCUT2D eigenvalue weighted by atomic mass is 28.3. The van der Waals surface area contributed by atoms with Gasteiger partial charge in [-0.2, -0.15) is 0 Å². The monoisotopic (exact) mass is 734 g/mol. The summed E-state index contributed by atoms with van der Waals surface area (Å²) >= 11 is 0. The first-order valence-corrected chi connectivity index (χ1v) is 22.0. The number of rotatable bonds is 7. The molecule has 0 spiro atoms. The Morgan fingerprint density at radius 2 is 0.673 bits per heavy atom. The summed E-state index contributed by atoms with van der Waals surface area (Å²) in [6.07, 6.45) is 2.64. The Morgan fingerprint density at radius 3 is 0.927 bits per heavy atom. The van der Waals surface area contributed by atoms with Crippen molar-refractivity contribution in [1.82, 2.24) is 0 Å². The van der Waals surface area contributed by atoms with E-state index in [1.54, 1.807) is 0 Å². The first-order valence-electron chi connectivity index (χ1n) is 20.0. The van der Waals surface area contributed by atoms with Crippen LogP contribution in [-0.4, -0.2) is 8.07 Å². The molecule has 6 aromatic carbocycles. The summed E-state index contributed by atoms with van der Waals surface area (Å²) in [5.41, 5.74) is 24.1. The van der Waals surface area contributed by atoms with E-state index < -0.39 is 8.07 Å². The molecule has 0 aromatic heterocycles. The first-order chi connectivity index (χ1) is 26.1. The lowest BCUT2D eigenvalue weighted by atomic mass is 9.94. The van der Waals surface area contributed by atoms with Crippen LogP contribution in [-0.2, 0) is 0 Å². The van der Waals surface area contributed by atoms with Crippen molar-refractivity contribution in [2.24, 2.45) is 0 Å². The van der Waals surface area contributed by atoms with Crippen molar-refractivity contribution in [1.29, 1.82) is 0 Å². The Morgan fingerprint density at radius 1 is 0.382 bits per heavy atom. The molecule has 55 heavy (non-hydrogen) atoms. The van der Waals surface area contributed by atoms with Gasteiger partial charge < -0.3 is 0 Å². The van der Waals surface area contributed by atoms with E-state index in [1.807, 2.05) is 0 Å². The van der Waals surface area contributed by atoms with Crippen LogP contribution in [0.1, 0.15) is 77.8 Å². The van der Waals surface area contributed by atoms with Crippen LogP contribution in [0.25, 0.3) is 33.4 Å². The van der Waals surface area contributed by atoms with Gasteiger partial charge in [0.25, 0.3) is 0 Å². The van der Waals surface area contributed by atoms with Gasteiger partial charge in [0.2, 0.25) is 0 Å². The minimum Gasteiger partial charge on any atom is -0.0730 e. The Balaban J connectivity index is 1.65. The van der Waals surface area contributed by atoms with Crippen molar-refractivity contribution in [3.8, 4) is 33.4 Å². The number of benzene rings is 6. The van der Waals surface area contributed by atoms with Crippen LogP contribution in [0.3, 0.4) is 0 Å². The van der Waals surface area contributed by atoms with Gasteiger partial charge in [-0.3, -0.25) is 0 Å². The molecule has 0 saturated carbocycles. The van der Waals surface area contributed by atoms with Gasteiger partial charge in [0.1, 0.15) is 0 Å². The van der Waals surface area contributed by atoms with Crippen LogP contribution in [0, 0.1) is 62.3 Å². The summed E-state index contributed by atoms with van der Waals surface area (Å²) in [5.74, 6) is 0. The molecule has 0 saturated heterocycles. The highest BCUT2D eigenvalue weighted by molar-refractivity contribution is 7.14. The summed E-state index contributed by atoms with van der Waals surface area (Å²) < 4.78 is 0. The predicted octanol–water partition coefficient (Wildman–Crippen LogP) is 13.0. The van der Waals surface area contributed by atoms with Crippen LogP contribution < -0.4 is 15.6 Å². The van der Waals surface area contributed by atoms with E-state index in [-0.39, 0.29) is 5.04 Å². The molecule has 1 atom stereocenters. The molecule has 0 radical (unpaired) electrons. The quantitative estimate of drug-likeness (QED) is 0.113. The average molecular weight is 735 g/mol. The van der Waals surface area contributed by atoms with Gasteiger partial charge in [-0.1, -0.05) is 150 Å². The lowest BCUT2D eigenvalue weighted by molar-refractivity contribution is 0.870. The Labute approximate surface area is 332 Å². The summed E-state index contributed by atoms with van der Waals surface area (Å²) in [6, 6.07) is 43.2. The van der Waals surface area contributed by atoms with E-state index in [1.165, 1.54) is 116 Å². The Bertz CT molecular complexity index is 2260. The van der Waals surface area contributed by atoms with Crippen molar-refractivity contribution in [3.05, 3.63) is 182 Å². The van der Waals surface area contributed by atoms with Crippen molar-refractivity contribution in [2.75, 3.05) is 0 Å². The van der Waals surface area contributed by atoms with Gasteiger partial charge in [-0.25, -0.2) is 0 Å². The molecule has 7 rings (SSSR count). The zero-order valence-electron chi connectivity index (χ0n) is 35.5. The summed E-state index contributed by atoms with van der Waals surface area (Å²) in [5, 5.41) is 4.07. The molecule has 0 N–H and O–H groups in total. The molecular weight excluding hydrogens is 677 g/mol. The van der Waals surface area contributed by atoms with E-state index in [0.717, 1.165) is 0 Å². The number of hydrogen-bond donors (Lipinski definition) is 0. The zero-order valence-corrected chi connectivity index (χ0v) is 36.5. The van der Waals surface area contributed by atoms with Gasteiger partial charge in [-0.15, -0.1) is 0 Å². The minimum atomic E-state index is -3.03. The Kier molecular flexibility index (Phi) is 9.93. The smallest absolute Gasteiger partial charge is 0.0730 e. The highest BCUT2D eigenvalue weighted by Crippen LogP contribution is 2.53. The van der Waals surface area contributed by atoms with Crippen molar-refractivity contribution >= 4 is 23.6 Å². The van der Waals surface area contributed by atoms with Gasteiger partial charge in [0.05, 0.1) is 0 Å².